The smallest absolute Gasteiger partial charge is 0.419 e. The number of nitrogens with one attached hydrogen (secondary N) is 1. The molecule has 0 saturated carbocycles. The molecule has 1 aliphatic heterocycles. The number of hydrogen-bond donors (Lipinski definition) is 2. The first-order valence-electron chi connectivity index (χ1n) is 9.58. The van der Waals surface area contributed by atoms with Gasteiger partial charge in [-0.05, 0) is 30.3 Å². The van der Waals surface area contributed by atoms with Crippen LogP contribution in [0.4, 0.5) is 33.3 Å². The number of primary sulfonamides is 1. The fourth-order valence-corrected chi connectivity index (χ4v) is 4.31. The van der Waals surface area contributed by atoms with Crippen molar-refractivity contribution in [2.45, 2.75) is 29.1 Å². The van der Waals surface area contributed by atoms with E-state index in [9.17, 15) is 35.2 Å². The maximum Gasteiger partial charge on any atom is 0.419 e. The van der Waals surface area contributed by atoms with Crippen LogP contribution in [0.5, 0.6) is 5.75 Å². The quantitative estimate of drug-likeness (QED) is 0.580. The summed E-state index contributed by atoms with van der Waals surface area (Å²) >= 11 is 0. The number of alkyl halides is 3. The van der Waals surface area contributed by atoms with Gasteiger partial charge in [0.05, 0.1) is 24.2 Å². The number of amides is 1. The van der Waals surface area contributed by atoms with Crippen molar-refractivity contribution in [1.29, 1.82) is 0 Å². The molecule has 1 heterocycles. The molecule has 3 rings (SSSR count). The molecule has 8 nitrogen and oxygen atoms in total. The summed E-state index contributed by atoms with van der Waals surface area (Å²) in [6.45, 7) is -0.927. The van der Waals surface area contributed by atoms with Crippen LogP contribution >= 0.6 is 0 Å². The number of rotatable bonds is 6. The predicted octanol–water partition coefficient (Wildman–Crippen LogP) is 2.79. The molecule has 0 bridgehead atoms. The summed E-state index contributed by atoms with van der Waals surface area (Å²) in [5.74, 6) is -4.42. The second-order valence-corrected chi connectivity index (χ2v) is 9.08. The molecule has 1 fully saturated rings. The molecule has 2 atom stereocenters. The summed E-state index contributed by atoms with van der Waals surface area (Å²) in [6.07, 6.45) is -5.82. The highest BCUT2D eigenvalue weighted by Gasteiger charge is 2.63. The molecule has 2 aromatic carbocycles. The molecule has 2 unspecified atom stereocenters. The van der Waals surface area contributed by atoms with Gasteiger partial charge in [-0.15, -0.1) is 0 Å². The topological polar surface area (TPSA) is 111 Å². The number of benzene rings is 2. The lowest BCUT2D eigenvalue weighted by Crippen LogP contribution is -2.49. The number of nitrogens with two attached hydrogens (primary N) is 1. The minimum absolute atomic E-state index is 0.0596. The second kappa shape index (κ2) is 9.00. The Kier molecular flexibility index (Phi) is 6.79. The van der Waals surface area contributed by atoms with E-state index in [0.717, 1.165) is 31.3 Å². The number of halogens is 5. The number of anilines is 2. The minimum Gasteiger partial charge on any atom is -0.491 e. The molecule has 3 N–H and O–H groups in total. The number of hydrogen-bond acceptors (Lipinski definition) is 6. The highest BCUT2D eigenvalue weighted by atomic mass is 32.2. The normalized spacial score (nSPS) is 20.9. The maximum atomic E-state index is 14.3. The standard InChI is InChI=1S/C20H20F5N3O5S/c1-32-17-14(7-6-13(21)16(17)22)28-10-19(33-2,20(23,24)25)9-15(28)18(29)27-11-4-3-5-12(8-11)34(26,30)31/h3-8,15H,9-10H2,1-2H3,(H,27,29)(H2,26,30,31). The fourth-order valence-electron chi connectivity index (χ4n) is 3.75. The summed E-state index contributed by atoms with van der Waals surface area (Å²) in [7, 11) is -2.30. The molecule has 1 amide bonds. The summed E-state index contributed by atoms with van der Waals surface area (Å²) in [5, 5.41) is 7.41. The van der Waals surface area contributed by atoms with Crippen LogP contribution < -0.4 is 20.1 Å². The summed E-state index contributed by atoms with van der Waals surface area (Å²) < 4.78 is 103. The van der Waals surface area contributed by atoms with E-state index in [1.54, 1.807) is 0 Å². The first-order valence-corrected chi connectivity index (χ1v) is 11.1. The molecule has 0 spiro atoms. The van der Waals surface area contributed by atoms with E-state index >= 15 is 0 Å². The average molecular weight is 509 g/mol. The van der Waals surface area contributed by atoms with Gasteiger partial charge in [0.2, 0.25) is 21.7 Å². The minimum atomic E-state index is -4.92. The van der Waals surface area contributed by atoms with Crippen LogP contribution in [-0.2, 0) is 19.6 Å². The molecule has 0 aromatic heterocycles. The van der Waals surface area contributed by atoms with E-state index in [1.807, 2.05) is 0 Å². The van der Waals surface area contributed by atoms with Gasteiger partial charge >= 0.3 is 6.18 Å². The lowest BCUT2D eigenvalue weighted by molar-refractivity contribution is -0.261. The number of ether oxygens (including phenoxy) is 2. The van der Waals surface area contributed by atoms with E-state index in [1.165, 1.54) is 18.2 Å². The Morgan fingerprint density at radius 3 is 2.44 bits per heavy atom. The third-order valence-corrected chi connectivity index (χ3v) is 6.42. The van der Waals surface area contributed by atoms with Crippen LogP contribution in [0.25, 0.3) is 0 Å². The molecule has 186 valence electrons. The molecule has 14 heteroatoms. The van der Waals surface area contributed by atoms with Crippen LogP contribution in [0.1, 0.15) is 6.42 Å². The van der Waals surface area contributed by atoms with Crippen molar-refractivity contribution in [1.82, 2.24) is 0 Å². The van der Waals surface area contributed by atoms with E-state index in [2.05, 4.69) is 5.32 Å². The van der Waals surface area contributed by atoms with Crippen molar-refractivity contribution in [2.75, 3.05) is 31.0 Å². The van der Waals surface area contributed by atoms with Crippen molar-refractivity contribution in [3.8, 4) is 5.75 Å². The van der Waals surface area contributed by atoms with E-state index in [-0.39, 0.29) is 16.3 Å². The second-order valence-electron chi connectivity index (χ2n) is 7.52. The molecule has 1 aliphatic rings. The van der Waals surface area contributed by atoms with Crippen molar-refractivity contribution in [2.24, 2.45) is 5.14 Å². The lowest BCUT2D eigenvalue weighted by atomic mass is 9.99. The van der Waals surface area contributed by atoms with Crippen LogP contribution in [0.15, 0.2) is 41.3 Å². The van der Waals surface area contributed by atoms with Gasteiger partial charge in [-0.2, -0.15) is 17.6 Å². The molecular formula is C20H20F5N3O5S. The van der Waals surface area contributed by atoms with E-state index < -0.39 is 64.1 Å². The highest BCUT2D eigenvalue weighted by molar-refractivity contribution is 7.89. The number of sulfonamides is 1. The van der Waals surface area contributed by atoms with Gasteiger partial charge in [0.15, 0.2) is 17.2 Å². The summed E-state index contributed by atoms with van der Waals surface area (Å²) in [4.78, 5) is 13.6. The van der Waals surface area contributed by atoms with Crippen molar-refractivity contribution >= 4 is 27.3 Å². The van der Waals surface area contributed by atoms with Crippen LogP contribution in [0, 0.1) is 11.6 Å². The van der Waals surface area contributed by atoms with Gasteiger partial charge in [-0.1, -0.05) is 6.07 Å². The van der Waals surface area contributed by atoms with Gasteiger partial charge < -0.3 is 19.7 Å². The fraction of sp³-hybridized carbons (Fsp3) is 0.350. The summed E-state index contributed by atoms with van der Waals surface area (Å²) in [5.41, 5.74) is -3.17. The Labute approximate surface area is 191 Å². The number of nitrogens with zero attached hydrogens (tertiary/aromatic N) is 1. The van der Waals surface area contributed by atoms with Gasteiger partial charge in [0.25, 0.3) is 0 Å². The zero-order valence-electron chi connectivity index (χ0n) is 17.8. The third kappa shape index (κ3) is 4.65. The lowest BCUT2D eigenvalue weighted by Gasteiger charge is -2.31. The van der Waals surface area contributed by atoms with Crippen LogP contribution in [0.2, 0.25) is 0 Å². The van der Waals surface area contributed by atoms with Crippen LogP contribution in [-0.4, -0.2) is 52.9 Å². The Hall–Kier alpha value is -2.97. The number of carbonyl (C=O) groups excluding carboxylic acids is 1. The molecule has 34 heavy (non-hydrogen) atoms. The SMILES string of the molecule is COc1c(N2CC(OC)(C(F)(F)F)CC2C(=O)Nc2cccc(S(N)(=O)=O)c2)ccc(F)c1F. The summed E-state index contributed by atoms with van der Waals surface area (Å²) in [6, 6.07) is 4.86. The first-order chi connectivity index (χ1) is 15.7. The van der Waals surface area contributed by atoms with E-state index in [0.29, 0.717) is 6.07 Å². The highest BCUT2D eigenvalue weighted by Crippen LogP contribution is 2.47. The van der Waals surface area contributed by atoms with Crippen molar-refractivity contribution in [3.05, 3.63) is 48.0 Å². The Balaban J connectivity index is 2.06. The third-order valence-electron chi connectivity index (χ3n) is 5.51. The monoisotopic (exact) mass is 509 g/mol. The van der Waals surface area contributed by atoms with Crippen molar-refractivity contribution < 1.29 is 44.6 Å². The molecule has 0 radical (unpaired) electrons. The van der Waals surface area contributed by atoms with E-state index in [4.69, 9.17) is 14.6 Å². The number of methoxy groups -OCH3 is 2. The maximum absolute atomic E-state index is 14.3. The molecule has 1 saturated heterocycles. The zero-order valence-corrected chi connectivity index (χ0v) is 18.6. The van der Waals surface area contributed by atoms with Gasteiger partial charge in [0.1, 0.15) is 6.04 Å². The van der Waals surface area contributed by atoms with Gasteiger partial charge in [-0.3, -0.25) is 4.79 Å². The average Bonchev–Trinajstić information content (AvgIpc) is 3.16. The molecule has 2 aromatic rings. The zero-order chi connectivity index (χ0) is 25.5. The van der Waals surface area contributed by atoms with Gasteiger partial charge in [-0.25, -0.2) is 17.9 Å². The molecule has 0 aliphatic carbocycles. The largest absolute Gasteiger partial charge is 0.491 e. The Bertz CT molecular complexity index is 1210. The first kappa shape index (κ1) is 25.6. The van der Waals surface area contributed by atoms with Crippen molar-refractivity contribution in [3.63, 3.8) is 0 Å². The predicted molar refractivity (Wildman–Crippen MR) is 111 cm³/mol. The van der Waals surface area contributed by atoms with Crippen LogP contribution in [0.3, 0.4) is 0 Å². The number of carbonyl (C=O) groups is 1. The van der Waals surface area contributed by atoms with Gasteiger partial charge in [0, 0.05) is 19.2 Å². The Morgan fingerprint density at radius 1 is 1.21 bits per heavy atom. The molecular weight excluding hydrogens is 489 g/mol. The Morgan fingerprint density at radius 2 is 1.88 bits per heavy atom.